The van der Waals surface area contributed by atoms with Crippen LogP contribution in [0.5, 0.6) is 11.5 Å². The first-order valence-electron chi connectivity index (χ1n) is 19.5. The van der Waals surface area contributed by atoms with Gasteiger partial charge in [-0.3, -0.25) is 39.1 Å². The van der Waals surface area contributed by atoms with Crippen LogP contribution >= 0.6 is 11.6 Å². The van der Waals surface area contributed by atoms with E-state index in [-0.39, 0.29) is 42.0 Å². The molecule has 7 rings (SSSR count). The molecule has 15 nitrogen and oxygen atoms in total. The number of nitrogens with zero attached hydrogens (tertiary/aromatic N) is 6. The maximum absolute atomic E-state index is 13.8. The van der Waals surface area contributed by atoms with Crippen LogP contribution in [0.25, 0.3) is 0 Å². The molecule has 3 fully saturated rings. The second-order valence-electron chi connectivity index (χ2n) is 16.6. The number of aromatic nitrogens is 2. The molecule has 16 heteroatoms. The van der Waals surface area contributed by atoms with Gasteiger partial charge in [-0.2, -0.15) is 5.26 Å². The Labute approximate surface area is 342 Å². The van der Waals surface area contributed by atoms with E-state index >= 15 is 0 Å². The number of amides is 5. The lowest BCUT2D eigenvalue weighted by Crippen LogP contribution is -2.74. The maximum atomic E-state index is 13.8. The number of hydrogen-bond donors (Lipinski definition) is 2. The van der Waals surface area contributed by atoms with E-state index in [9.17, 15) is 29.2 Å². The summed E-state index contributed by atoms with van der Waals surface area (Å²) in [5.74, 6) is -0.795. The Hall–Kier alpha value is -5.59. The molecule has 4 aliphatic rings. The van der Waals surface area contributed by atoms with E-state index < -0.39 is 40.5 Å². The highest BCUT2D eigenvalue weighted by molar-refractivity contribution is 6.31. The van der Waals surface area contributed by atoms with Crippen LogP contribution in [-0.4, -0.2) is 107 Å². The number of imide groups is 2. The molecule has 304 valence electrons. The first-order chi connectivity index (χ1) is 27.5. The van der Waals surface area contributed by atoms with Crippen molar-refractivity contribution in [3.05, 3.63) is 75.1 Å². The first-order valence-corrected chi connectivity index (χ1v) is 19.9. The molecule has 0 bridgehead atoms. The van der Waals surface area contributed by atoms with Gasteiger partial charge in [-0.25, -0.2) is 9.97 Å². The monoisotopic (exact) mass is 810 g/mol. The zero-order valence-corrected chi connectivity index (χ0v) is 34.2. The quantitative estimate of drug-likeness (QED) is 0.208. The standard InChI is InChI=1S/C42H47ClN8O7/c1-23-33(35(54)48-38-41(3,4)39(42(38,5)6)58-27-9-8-25(22-44)30(43)21-27)24(2)46-40(45-23)50-17-15-49(16-18-50)14-7-19-57-26-10-11-28-29(20-26)37(56)51(36(28)55)31-12-13-32(52)47-34(31)53/h8-11,20-21,31,38-39H,7,12-19H2,1-6H3,(H,48,54)(H,47,52,53)/t31?,38-,39-. The Bertz CT molecular complexity index is 2210. The van der Waals surface area contributed by atoms with Crippen molar-refractivity contribution in [1.29, 1.82) is 5.26 Å². The molecular weight excluding hydrogens is 764 g/mol. The average molecular weight is 811 g/mol. The highest BCUT2D eigenvalue weighted by Gasteiger charge is 2.64. The van der Waals surface area contributed by atoms with Crippen LogP contribution in [0.1, 0.15) is 95.0 Å². The van der Waals surface area contributed by atoms with Crippen molar-refractivity contribution in [3.63, 3.8) is 0 Å². The van der Waals surface area contributed by atoms with Crippen LogP contribution in [-0.2, 0) is 9.59 Å². The molecule has 3 aromatic rings. The highest BCUT2D eigenvalue weighted by Crippen LogP contribution is 2.55. The van der Waals surface area contributed by atoms with Gasteiger partial charge in [0.1, 0.15) is 29.7 Å². The van der Waals surface area contributed by atoms with Gasteiger partial charge in [0.2, 0.25) is 17.8 Å². The second-order valence-corrected chi connectivity index (χ2v) is 17.0. The number of hydrogen-bond acceptors (Lipinski definition) is 12. The maximum Gasteiger partial charge on any atom is 0.262 e. The van der Waals surface area contributed by atoms with Crippen molar-refractivity contribution in [2.45, 2.75) is 79.0 Å². The summed E-state index contributed by atoms with van der Waals surface area (Å²) in [6.45, 7) is 16.1. The lowest BCUT2D eigenvalue weighted by molar-refractivity contribution is -0.164. The third kappa shape index (κ3) is 7.46. The van der Waals surface area contributed by atoms with E-state index in [1.807, 2.05) is 13.8 Å². The summed E-state index contributed by atoms with van der Waals surface area (Å²) in [5.41, 5.74) is 1.62. The highest BCUT2D eigenvalue weighted by atomic mass is 35.5. The number of carbonyl (C=O) groups excluding carboxylic acids is 5. The van der Waals surface area contributed by atoms with Crippen molar-refractivity contribution < 1.29 is 33.4 Å². The lowest BCUT2D eigenvalue weighted by Gasteiger charge is -2.63. The normalized spacial score (nSPS) is 22.5. The Balaban J connectivity index is 0.882. The van der Waals surface area contributed by atoms with Gasteiger partial charge in [0.25, 0.3) is 17.7 Å². The van der Waals surface area contributed by atoms with E-state index in [1.165, 1.54) is 6.07 Å². The number of aryl methyl sites for hydroxylation is 2. The fraction of sp³-hybridized carbons (Fsp3) is 0.476. The summed E-state index contributed by atoms with van der Waals surface area (Å²) in [6, 6.07) is 10.6. The zero-order valence-electron chi connectivity index (χ0n) is 33.5. The van der Waals surface area contributed by atoms with E-state index in [0.717, 1.165) is 31.0 Å². The minimum atomic E-state index is -1.02. The number of ether oxygens (including phenoxy) is 2. The van der Waals surface area contributed by atoms with Gasteiger partial charge >= 0.3 is 0 Å². The summed E-state index contributed by atoms with van der Waals surface area (Å²) < 4.78 is 12.3. The third-order valence-electron chi connectivity index (χ3n) is 11.9. The largest absolute Gasteiger partial charge is 0.494 e. The fourth-order valence-electron chi connectivity index (χ4n) is 9.16. The zero-order chi connectivity index (χ0) is 41.7. The van der Waals surface area contributed by atoms with Crippen LogP contribution in [0, 0.1) is 36.0 Å². The molecule has 2 saturated heterocycles. The van der Waals surface area contributed by atoms with Gasteiger partial charge in [-0.1, -0.05) is 39.3 Å². The van der Waals surface area contributed by atoms with Crippen molar-refractivity contribution >= 4 is 47.1 Å². The van der Waals surface area contributed by atoms with E-state index in [2.05, 4.69) is 54.2 Å². The van der Waals surface area contributed by atoms with Crippen LogP contribution in [0.2, 0.25) is 5.02 Å². The first kappa shape index (κ1) is 40.6. The summed E-state index contributed by atoms with van der Waals surface area (Å²) >= 11 is 6.25. The minimum Gasteiger partial charge on any atom is -0.494 e. The molecule has 58 heavy (non-hydrogen) atoms. The van der Waals surface area contributed by atoms with Gasteiger partial charge in [-0.15, -0.1) is 0 Å². The van der Waals surface area contributed by atoms with Gasteiger partial charge in [0, 0.05) is 62.1 Å². The number of rotatable bonds is 11. The number of benzene rings is 2. The average Bonchev–Trinajstić information content (AvgIpc) is 3.42. The summed E-state index contributed by atoms with van der Waals surface area (Å²) in [4.78, 5) is 78.8. The third-order valence-corrected chi connectivity index (χ3v) is 12.2. The molecule has 0 radical (unpaired) electrons. The predicted molar refractivity (Wildman–Crippen MR) is 213 cm³/mol. The molecule has 1 saturated carbocycles. The molecule has 1 atom stereocenters. The molecule has 5 amide bonds. The molecular formula is C42H47ClN8O7. The van der Waals surface area contributed by atoms with Gasteiger partial charge in [0.15, 0.2) is 0 Å². The van der Waals surface area contributed by atoms with Crippen LogP contribution < -0.4 is 25.0 Å². The molecule has 1 unspecified atom stereocenters. The number of fused-ring (bicyclic) bond motifs is 1. The molecule has 2 aromatic carbocycles. The number of carbonyl (C=O) groups is 5. The molecule has 1 aromatic heterocycles. The van der Waals surface area contributed by atoms with Gasteiger partial charge < -0.3 is 19.7 Å². The van der Waals surface area contributed by atoms with Crippen LogP contribution in [0.15, 0.2) is 36.4 Å². The lowest BCUT2D eigenvalue weighted by atomic mass is 9.49. The van der Waals surface area contributed by atoms with Crippen molar-refractivity contribution in [2.24, 2.45) is 10.8 Å². The van der Waals surface area contributed by atoms with Crippen LogP contribution in [0.4, 0.5) is 5.95 Å². The van der Waals surface area contributed by atoms with Crippen molar-refractivity contribution in [3.8, 4) is 17.6 Å². The number of halogens is 1. The molecule has 0 spiro atoms. The Morgan fingerprint density at radius 3 is 2.24 bits per heavy atom. The van der Waals surface area contributed by atoms with Gasteiger partial charge in [-0.05, 0) is 57.0 Å². The number of piperidine rings is 1. The summed E-state index contributed by atoms with van der Waals surface area (Å²) in [7, 11) is 0. The van der Waals surface area contributed by atoms with Crippen molar-refractivity contribution in [2.75, 3.05) is 44.2 Å². The Morgan fingerprint density at radius 1 is 0.948 bits per heavy atom. The molecule has 1 aliphatic carbocycles. The van der Waals surface area contributed by atoms with E-state index in [0.29, 0.717) is 64.7 Å². The Morgan fingerprint density at radius 2 is 1.60 bits per heavy atom. The topological polar surface area (TPSA) is 187 Å². The van der Waals surface area contributed by atoms with Crippen LogP contribution in [0.3, 0.4) is 0 Å². The number of anilines is 1. The Kier molecular flexibility index (Phi) is 10.9. The van der Waals surface area contributed by atoms with E-state index in [1.54, 1.807) is 30.3 Å². The minimum absolute atomic E-state index is 0.0614. The number of piperazine rings is 1. The summed E-state index contributed by atoms with van der Waals surface area (Å²) in [5, 5.41) is 15.0. The van der Waals surface area contributed by atoms with E-state index in [4.69, 9.17) is 31.0 Å². The predicted octanol–water partition coefficient (Wildman–Crippen LogP) is 4.22. The fourth-order valence-corrected chi connectivity index (χ4v) is 9.37. The van der Waals surface area contributed by atoms with Gasteiger partial charge in [0.05, 0.1) is 45.3 Å². The SMILES string of the molecule is Cc1nc(N2CCN(CCCOc3ccc4c(c3)C(=O)N(C3CCC(=O)NC3=O)C4=O)CC2)nc(C)c1C(=O)N[C@H]1C(C)(C)[C@H](Oc2ccc(C#N)c(Cl)c2)C1(C)C. The number of nitriles is 1. The van der Waals surface area contributed by atoms with Crippen molar-refractivity contribution in [1.82, 2.24) is 30.4 Å². The number of nitrogens with one attached hydrogen (secondary N) is 2. The second kappa shape index (κ2) is 15.6. The molecule has 4 heterocycles. The smallest absolute Gasteiger partial charge is 0.262 e. The molecule has 3 aliphatic heterocycles. The molecule has 2 N–H and O–H groups in total. The summed E-state index contributed by atoms with van der Waals surface area (Å²) in [6.07, 6.45) is 0.664.